The molecule has 0 saturated carbocycles. The number of hydrogen-bond acceptors (Lipinski definition) is 8. The van der Waals surface area contributed by atoms with Gasteiger partial charge in [-0.25, -0.2) is 4.79 Å². The summed E-state index contributed by atoms with van der Waals surface area (Å²) in [7, 11) is 0. The first-order valence-corrected chi connectivity index (χ1v) is 13.6. The minimum atomic E-state index is -0.990. The Morgan fingerprint density at radius 2 is 1.74 bits per heavy atom. The Morgan fingerprint density at radius 3 is 2.44 bits per heavy atom. The molecule has 39 heavy (non-hydrogen) atoms. The summed E-state index contributed by atoms with van der Waals surface area (Å²) in [6.45, 7) is 1.93. The van der Waals surface area contributed by atoms with E-state index in [-0.39, 0.29) is 19.8 Å². The van der Waals surface area contributed by atoms with Crippen LogP contribution >= 0.6 is 11.8 Å². The van der Waals surface area contributed by atoms with Crippen LogP contribution in [0.3, 0.4) is 0 Å². The normalized spacial score (nSPS) is 12.5. The van der Waals surface area contributed by atoms with E-state index in [1.165, 1.54) is 12.2 Å². The number of nitrogens with one attached hydrogen (secondary N) is 2. The summed E-state index contributed by atoms with van der Waals surface area (Å²) in [6, 6.07) is 21.2. The Bertz CT molecular complexity index is 1250. The lowest BCUT2D eigenvalue weighted by Crippen LogP contribution is -2.28. The predicted octanol–water partition coefficient (Wildman–Crippen LogP) is 5.25. The van der Waals surface area contributed by atoms with Crippen molar-refractivity contribution in [1.29, 1.82) is 0 Å². The van der Waals surface area contributed by atoms with Crippen LogP contribution < -0.4 is 21.1 Å². The lowest BCUT2D eigenvalue weighted by molar-refractivity contribution is -0.112. The molecule has 3 rings (SSSR count). The van der Waals surface area contributed by atoms with E-state index in [9.17, 15) is 14.7 Å². The number of anilines is 3. The van der Waals surface area contributed by atoms with Gasteiger partial charge >= 0.3 is 6.09 Å². The topological polar surface area (TPSA) is 132 Å². The van der Waals surface area contributed by atoms with Crippen LogP contribution in [0.4, 0.5) is 21.9 Å². The number of aliphatic hydroxyl groups is 1. The number of nitrogens with two attached hydrogens (primary N) is 1. The van der Waals surface area contributed by atoms with Crippen molar-refractivity contribution in [1.82, 2.24) is 0 Å². The monoisotopic (exact) mass is 551 g/mol. The molecule has 0 spiro atoms. The average Bonchev–Trinajstić information content (AvgIpc) is 2.95. The molecule has 9 nitrogen and oxygen atoms in total. The Morgan fingerprint density at radius 1 is 1.03 bits per heavy atom. The van der Waals surface area contributed by atoms with Crippen LogP contribution in [-0.4, -0.2) is 49.3 Å². The number of para-hydroxylation sites is 3. The van der Waals surface area contributed by atoms with Crippen molar-refractivity contribution in [2.45, 2.75) is 24.0 Å². The van der Waals surface area contributed by atoms with Crippen LogP contribution in [-0.2, 0) is 14.3 Å². The fourth-order valence-electron chi connectivity index (χ4n) is 3.65. The van der Waals surface area contributed by atoms with Gasteiger partial charge in [-0.2, -0.15) is 0 Å². The number of aliphatic hydroxyl groups excluding tert-OH is 1. The van der Waals surface area contributed by atoms with Crippen molar-refractivity contribution in [3.8, 4) is 5.75 Å². The minimum Gasteiger partial charge on any atom is -0.491 e. The van der Waals surface area contributed by atoms with E-state index in [1.54, 1.807) is 79.3 Å². The van der Waals surface area contributed by atoms with Gasteiger partial charge in [0.05, 0.1) is 18.0 Å². The second-order valence-corrected chi connectivity index (χ2v) is 9.02. The van der Waals surface area contributed by atoms with Crippen LogP contribution in [0, 0.1) is 0 Å². The number of carbonyl (C=O) groups is 2. The molecule has 10 heteroatoms. The maximum atomic E-state index is 13.0. The molecule has 0 fully saturated rings. The van der Waals surface area contributed by atoms with Crippen LogP contribution in [0.15, 0.2) is 89.8 Å². The molecule has 0 unspecified atom stereocenters. The first-order valence-electron chi connectivity index (χ1n) is 12.3. The quantitative estimate of drug-likeness (QED) is 0.129. The smallest absolute Gasteiger partial charge is 0.412 e. The first kappa shape index (κ1) is 29.6. The highest BCUT2D eigenvalue weighted by molar-refractivity contribution is 7.98. The summed E-state index contributed by atoms with van der Waals surface area (Å²) < 4.78 is 17.5. The molecule has 2 atom stereocenters. The molecule has 2 amide bonds. The van der Waals surface area contributed by atoms with E-state index in [2.05, 4.69) is 10.6 Å². The van der Waals surface area contributed by atoms with Crippen LogP contribution in [0.5, 0.6) is 5.75 Å². The Kier molecular flexibility index (Phi) is 11.7. The number of amides is 2. The second kappa shape index (κ2) is 15.4. The molecule has 3 aromatic carbocycles. The van der Waals surface area contributed by atoms with Crippen LogP contribution in [0.2, 0.25) is 0 Å². The fraction of sp³-hybridized carbons (Fsp3) is 0.241. The van der Waals surface area contributed by atoms with Crippen molar-refractivity contribution in [2.24, 2.45) is 0 Å². The molecule has 5 N–H and O–H groups in total. The third-order valence-corrected chi connectivity index (χ3v) is 6.20. The molecule has 206 valence electrons. The van der Waals surface area contributed by atoms with Crippen LogP contribution in [0.25, 0.3) is 0 Å². The molecular weight excluding hydrogens is 518 g/mol. The number of rotatable bonds is 13. The lowest BCUT2D eigenvalue weighted by Gasteiger charge is -2.27. The third-order valence-electron chi connectivity index (χ3n) is 5.46. The van der Waals surface area contributed by atoms with Gasteiger partial charge in [0.2, 0.25) is 5.91 Å². The van der Waals surface area contributed by atoms with E-state index >= 15 is 0 Å². The van der Waals surface area contributed by atoms with Crippen LogP contribution in [0.1, 0.15) is 18.6 Å². The molecule has 0 aliphatic rings. The van der Waals surface area contributed by atoms with Gasteiger partial charge in [0.25, 0.3) is 0 Å². The zero-order chi connectivity index (χ0) is 28.0. The van der Waals surface area contributed by atoms with E-state index < -0.39 is 24.2 Å². The Labute approximate surface area is 232 Å². The summed E-state index contributed by atoms with van der Waals surface area (Å²) in [5.41, 5.74) is 7.90. The van der Waals surface area contributed by atoms with Gasteiger partial charge in [-0.3, -0.25) is 10.1 Å². The standard InChI is InChI=1S/C29H33N3O6S/c1-3-36-26(16-17-27(34)32-24-10-6-5-9-23(24)30)28(22-8-4-7-11-25(22)37-19-18-33)38-29(35)31-20-12-14-21(39-2)15-13-20/h4-17,26,28,33H,3,18-19,30H2,1-2H3,(H,31,35)(H,32,34)/b17-16+/t26-,28-/m1/s1. The van der Waals surface area contributed by atoms with E-state index in [1.807, 2.05) is 18.4 Å². The molecule has 0 aliphatic heterocycles. The molecule has 0 bridgehead atoms. The summed E-state index contributed by atoms with van der Waals surface area (Å²) >= 11 is 1.59. The molecule has 0 saturated heterocycles. The average molecular weight is 552 g/mol. The van der Waals surface area contributed by atoms with E-state index in [4.69, 9.17) is 19.9 Å². The van der Waals surface area contributed by atoms with Gasteiger partial charge in [0.15, 0.2) is 6.10 Å². The fourth-order valence-corrected chi connectivity index (χ4v) is 4.06. The maximum absolute atomic E-state index is 13.0. The minimum absolute atomic E-state index is 0.0494. The largest absolute Gasteiger partial charge is 0.491 e. The molecule has 0 radical (unpaired) electrons. The first-order chi connectivity index (χ1) is 18.9. The Balaban J connectivity index is 1.88. The number of nitrogen functional groups attached to an aromatic ring is 1. The second-order valence-electron chi connectivity index (χ2n) is 8.14. The predicted molar refractivity (Wildman–Crippen MR) is 154 cm³/mol. The van der Waals surface area contributed by atoms with Crippen molar-refractivity contribution < 1.29 is 28.9 Å². The zero-order valence-corrected chi connectivity index (χ0v) is 22.6. The summed E-state index contributed by atoms with van der Waals surface area (Å²) in [5.74, 6) is -0.0206. The Hall–Kier alpha value is -3.99. The molecule has 0 aliphatic carbocycles. The number of thioether (sulfide) groups is 1. The molecule has 0 heterocycles. The highest BCUT2D eigenvalue weighted by Gasteiger charge is 2.29. The van der Waals surface area contributed by atoms with Gasteiger partial charge in [0, 0.05) is 28.8 Å². The summed E-state index contributed by atoms with van der Waals surface area (Å²) in [6.07, 6.45) is 2.24. The molecule has 0 aromatic heterocycles. The van der Waals surface area contributed by atoms with E-state index in [0.29, 0.717) is 28.4 Å². The number of carbonyl (C=O) groups excluding carboxylic acids is 2. The maximum Gasteiger partial charge on any atom is 0.412 e. The van der Waals surface area contributed by atoms with Gasteiger partial charge in [0.1, 0.15) is 18.5 Å². The van der Waals surface area contributed by atoms with E-state index in [0.717, 1.165) is 4.90 Å². The highest BCUT2D eigenvalue weighted by Crippen LogP contribution is 2.33. The summed E-state index contributed by atoms with van der Waals surface area (Å²) in [4.78, 5) is 26.7. The summed E-state index contributed by atoms with van der Waals surface area (Å²) in [5, 5.41) is 14.7. The SMILES string of the molecule is CCO[C@H](/C=C/C(=O)Nc1ccccc1N)[C@H](OC(=O)Nc1ccc(SC)cc1)c1ccccc1OCCO. The zero-order valence-electron chi connectivity index (χ0n) is 21.8. The van der Waals surface area contributed by atoms with Gasteiger partial charge in [-0.05, 0) is 61.7 Å². The molecular formula is C29H33N3O6S. The van der Waals surface area contributed by atoms with Gasteiger partial charge < -0.3 is 30.4 Å². The number of ether oxygens (including phenoxy) is 3. The molecule has 3 aromatic rings. The van der Waals surface area contributed by atoms with Crippen molar-refractivity contribution >= 4 is 40.8 Å². The van der Waals surface area contributed by atoms with Gasteiger partial charge in [-0.1, -0.05) is 30.3 Å². The number of benzene rings is 3. The van der Waals surface area contributed by atoms with Crippen molar-refractivity contribution in [3.63, 3.8) is 0 Å². The van der Waals surface area contributed by atoms with Crippen molar-refractivity contribution in [3.05, 3.63) is 90.5 Å². The lowest BCUT2D eigenvalue weighted by atomic mass is 10.0. The highest BCUT2D eigenvalue weighted by atomic mass is 32.2. The van der Waals surface area contributed by atoms with Gasteiger partial charge in [-0.15, -0.1) is 11.8 Å². The van der Waals surface area contributed by atoms with Crippen molar-refractivity contribution in [2.75, 3.05) is 42.4 Å². The number of hydrogen-bond donors (Lipinski definition) is 4. The third kappa shape index (κ3) is 9.06.